The second-order valence-corrected chi connectivity index (χ2v) is 4.95. The molecule has 0 atom stereocenters. The molecule has 0 unspecified atom stereocenters. The lowest BCUT2D eigenvalue weighted by molar-refractivity contribution is -0.136. The summed E-state index contributed by atoms with van der Waals surface area (Å²) < 4.78 is 0. The van der Waals surface area contributed by atoms with E-state index >= 15 is 0 Å². The molecule has 1 N–H and O–H groups in total. The van der Waals surface area contributed by atoms with Crippen LogP contribution in [0, 0.1) is 5.92 Å². The first-order valence-electron chi connectivity index (χ1n) is 6.41. The predicted octanol–water partition coefficient (Wildman–Crippen LogP) is 0.833. The molecule has 0 aliphatic carbocycles. The fourth-order valence-corrected chi connectivity index (χ4v) is 2.61. The summed E-state index contributed by atoms with van der Waals surface area (Å²) in [6.07, 6.45) is 2.00. The van der Waals surface area contributed by atoms with Crippen LogP contribution in [0.4, 0.5) is 0 Å². The summed E-state index contributed by atoms with van der Waals surface area (Å²) in [6, 6.07) is 8.56. The van der Waals surface area contributed by atoms with Crippen molar-refractivity contribution < 1.29 is 4.79 Å². The molecule has 0 saturated carbocycles. The molecule has 3 heteroatoms. The maximum Gasteiger partial charge on any atom is 0.228 e. The topological polar surface area (TPSA) is 32.3 Å². The van der Waals surface area contributed by atoms with Gasteiger partial charge in [-0.25, -0.2) is 0 Å². The summed E-state index contributed by atoms with van der Waals surface area (Å²) in [5.74, 6) is 0.577. The molecule has 1 saturated heterocycles. The third kappa shape index (κ3) is 2.07. The quantitative estimate of drug-likeness (QED) is 0.775. The van der Waals surface area contributed by atoms with Gasteiger partial charge in [0.25, 0.3) is 0 Å². The number of benzene rings is 1. The highest BCUT2D eigenvalue weighted by Gasteiger charge is 2.29. The standard InChI is InChI=1S/C14H18N2O/c17-14(13-9-15-10-13)16-7-5-11-3-1-2-4-12(11)6-8-16/h1-4,13,15H,5-10H2. The van der Waals surface area contributed by atoms with Gasteiger partial charge in [-0.2, -0.15) is 0 Å². The Bertz CT molecular complexity index is 399. The van der Waals surface area contributed by atoms with Crippen molar-refractivity contribution in [1.29, 1.82) is 0 Å². The number of nitrogens with zero attached hydrogens (tertiary/aromatic N) is 1. The zero-order valence-corrected chi connectivity index (χ0v) is 9.98. The lowest BCUT2D eigenvalue weighted by Crippen LogP contribution is -2.52. The SMILES string of the molecule is O=C(C1CNC1)N1CCc2ccccc2CC1. The summed E-state index contributed by atoms with van der Waals surface area (Å²) in [4.78, 5) is 14.2. The summed E-state index contributed by atoms with van der Waals surface area (Å²) in [5.41, 5.74) is 2.82. The Kier molecular flexibility index (Phi) is 2.85. The maximum atomic E-state index is 12.2. The van der Waals surface area contributed by atoms with Crippen molar-refractivity contribution >= 4 is 5.91 Å². The Labute approximate surface area is 102 Å². The number of nitrogens with one attached hydrogen (secondary N) is 1. The minimum Gasteiger partial charge on any atom is -0.342 e. The number of carbonyl (C=O) groups is 1. The molecule has 2 aliphatic rings. The van der Waals surface area contributed by atoms with Gasteiger partial charge in [-0.15, -0.1) is 0 Å². The molecular formula is C14H18N2O. The van der Waals surface area contributed by atoms with Crippen molar-refractivity contribution in [3.05, 3.63) is 35.4 Å². The Morgan fingerprint density at radius 1 is 1.12 bits per heavy atom. The van der Waals surface area contributed by atoms with Crippen molar-refractivity contribution in [2.45, 2.75) is 12.8 Å². The van der Waals surface area contributed by atoms with Gasteiger partial charge in [0.2, 0.25) is 5.91 Å². The first-order valence-corrected chi connectivity index (χ1v) is 6.41. The molecule has 17 heavy (non-hydrogen) atoms. The maximum absolute atomic E-state index is 12.2. The van der Waals surface area contributed by atoms with E-state index in [-0.39, 0.29) is 5.92 Å². The zero-order valence-electron chi connectivity index (χ0n) is 9.98. The zero-order chi connectivity index (χ0) is 11.7. The van der Waals surface area contributed by atoms with Crippen molar-refractivity contribution in [3.63, 3.8) is 0 Å². The number of amides is 1. The molecule has 2 heterocycles. The number of hydrogen-bond donors (Lipinski definition) is 1. The average molecular weight is 230 g/mol. The number of carbonyl (C=O) groups excluding carboxylic acids is 1. The van der Waals surface area contributed by atoms with Gasteiger partial charge < -0.3 is 10.2 Å². The van der Waals surface area contributed by atoms with E-state index in [2.05, 4.69) is 29.6 Å². The monoisotopic (exact) mass is 230 g/mol. The molecule has 1 amide bonds. The second-order valence-electron chi connectivity index (χ2n) is 4.95. The highest BCUT2D eigenvalue weighted by molar-refractivity contribution is 5.80. The molecule has 3 nitrogen and oxygen atoms in total. The van der Waals surface area contributed by atoms with Crippen molar-refractivity contribution in [3.8, 4) is 0 Å². The highest BCUT2D eigenvalue weighted by atomic mass is 16.2. The minimum absolute atomic E-state index is 0.233. The Balaban J connectivity index is 1.70. The van der Waals surface area contributed by atoms with Crippen LogP contribution in [-0.4, -0.2) is 37.0 Å². The van der Waals surface area contributed by atoms with Crippen LogP contribution in [0.3, 0.4) is 0 Å². The molecule has 1 aromatic carbocycles. The molecular weight excluding hydrogens is 212 g/mol. The largest absolute Gasteiger partial charge is 0.342 e. The van der Waals surface area contributed by atoms with Crippen LogP contribution in [0.5, 0.6) is 0 Å². The lowest BCUT2D eigenvalue weighted by atomic mass is 10.0. The smallest absolute Gasteiger partial charge is 0.228 e. The molecule has 0 aromatic heterocycles. The van der Waals surface area contributed by atoms with E-state index in [9.17, 15) is 4.79 Å². The van der Waals surface area contributed by atoms with Gasteiger partial charge in [0.1, 0.15) is 0 Å². The second kappa shape index (κ2) is 4.49. The van der Waals surface area contributed by atoms with Crippen LogP contribution in [0.1, 0.15) is 11.1 Å². The van der Waals surface area contributed by atoms with E-state index in [1.54, 1.807) is 0 Å². The normalized spacial score (nSPS) is 20.4. The van der Waals surface area contributed by atoms with Crippen molar-refractivity contribution in [1.82, 2.24) is 10.2 Å². The summed E-state index contributed by atoms with van der Waals surface area (Å²) in [5, 5.41) is 3.17. The van der Waals surface area contributed by atoms with Crippen LogP contribution < -0.4 is 5.32 Å². The van der Waals surface area contributed by atoms with Gasteiger partial charge in [-0.05, 0) is 24.0 Å². The number of fused-ring (bicyclic) bond motifs is 1. The van der Waals surface area contributed by atoms with Gasteiger partial charge in [-0.3, -0.25) is 4.79 Å². The van der Waals surface area contributed by atoms with Gasteiger partial charge in [0.05, 0.1) is 5.92 Å². The third-order valence-electron chi connectivity index (χ3n) is 3.86. The van der Waals surface area contributed by atoms with Crippen LogP contribution in [0.2, 0.25) is 0 Å². The first kappa shape index (κ1) is 10.8. The molecule has 0 bridgehead atoms. The van der Waals surface area contributed by atoms with Crippen LogP contribution >= 0.6 is 0 Å². The summed E-state index contributed by atoms with van der Waals surface area (Å²) >= 11 is 0. The van der Waals surface area contributed by atoms with Gasteiger partial charge in [0.15, 0.2) is 0 Å². The van der Waals surface area contributed by atoms with Crippen molar-refractivity contribution in [2.75, 3.05) is 26.2 Å². The number of hydrogen-bond acceptors (Lipinski definition) is 2. The predicted molar refractivity (Wildman–Crippen MR) is 66.8 cm³/mol. The molecule has 0 radical (unpaired) electrons. The molecule has 0 spiro atoms. The summed E-state index contributed by atoms with van der Waals surface area (Å²) in [6.45, 7) is 3.49. The molecule has 3 rings (SSSR count). The van der Waals surface area contributed by atoms with Crippen LogP contribution in [0.25, 0.3) is 0 Å². The van der Waals surface area contributed by atoms with E-state index < -0.39 is 0 Å². The van der Waals surface area contributed by atoms with E-state index in [0.717, 1.165) is 39.0 Å². The number of rotatable bonds is 1. The van der Waals surface area contributed by atoms with Gasteiger partial charge in [0, 0.05) is 26.2 Å². The van der Waals surface area contributed by atoms with Crippen LogP contribution in [0.15, 0.2) is 24.3 Å². The van der Waals surface area contributed by atoms with E-state index in [1.807, 2.05) is 4.90 Å². The molecule has 1 aromatic rings. The Hall–Kier alpha value is -1.35. The first-order chi connectivity index (χ1) is 8.34. The lowest BCUT2D eigenvalue weighted by Gasteiger charge is -2.31. The van der Waals surface area contributed by atoms with Crippen LogP contribution in [-0.2, 0) is 17.6 Å². The van der Waals surface area contributed by atoms with Gasteiger partial charge in [-0.1, -0.05) is 24.3 Å². The highest BCUT2D eigenvalue weighted by Crippen LogP contribution is 2.17. The Morgan fingerprint density at radius 3 is 2.18 bits per heavy atom. The Morgan fingerprint density at radius 2 is 1.71 bits per heavy atom. The fourth-order valence-electron chi connectivity index (χ4n) is 2.61. The van der Waals surface area contributed by atoms with Crippen molar-refractivity contribution in [2.24, 2.45) is 5.92 Å². The van der Waals surface area contributed by atoms with Gasteiger partial charge >= 0.3 is 0 Å². The molecule has 90 valence electrons. The third-order valence-corrected chi connectivity index (χ3v) is 3.86. The fraction of sp³-hybridized carbons (Fsp3) is 0.500. The minimum atomic E-state index is 0.233. The van der Waals surface area contributed by atoms with E-state index in [0.29, 0.717) is 5.91 Å². The van der Waals surface area contributed by atoms with E-state index in [4.69, 9.17) is 0 Å². The summed E-state index contributed by atoms with van der Waals surface area (Å²) in [7, 11) is 0. The molecule has 2 aliphatic heterocycles. The van der Waals surface area contributed by atoms with E-state index in [1.165, 1.54) is 11.1 Å². The average Bonchev–Trinajstić information content (AvgIpc) is 2.49. The molecule has 1 fully saturated rings.